The second-order valence-electron chi connectivity index (χ2n) is 8.70. The highest BCUT2D eigenvalue weighted by Crippen LogP contribution is 2.35. The third-order valence-corrected chi connectivity index (χ3v) is 6.80. The number of rotatable bonds is 5. The predicted octanol–water partition coefficient (Wildman–Crippen LogP) is 3.78. The molecule has 0 aliphatic carbocycles. The third-order valence-electron chi connectivity index (χ3n) is 6.47. The Labute approximate surface area is 205 Å². The van der Waals surface area contributed by atoms with Crippen LogP contribution in [0.3, 0.4) is 0 Å². The van der Waals surface area contributed by atoms with Crippen molar-refractivity contribution >= 4 is 46.5 Å². The number of nitrogens with two attached hydrogens (primary N) is 1. The van der Waals surface area contributed by atoms with Crippen LogP contribution in [0.2, 0.25) is 5.02 Å². The molecule has 2 fully saturated rings. The summed E-state index contributed by atoms with van der Waals surface area (Å²) in [4.78, 5) is 6.75. The Morgan fingerprint density at radius 3 is 2.45 bits per heavy atom. The van der Waals surface area contributed by atoms with E-state index in [2.05, 4.69) is 38.3 Å². The first-order valence-corrected chi connectivity index (χ1v) is 12.1. The average molecular weight is 489 g/mol. The summed E-state index contributed by atoms with van der Waals surface area (Å²) in [7, 11) is 2.12. The minimum absolute atomic E-state index is 0.0760. The van der Waals surface area contributed by atoms with Crippen LogP contribution in [0, 0.1) is 5.82 Å². The number of hydrogen-bond donors (Lipinski definition) is 2. The van der Waals surface area contributed by atoms with Gasteiger partial charge in [-0.3, -0.25) is 5.43 Å². The van der Waals surface area contributed by atoms with Crippen LogP contribution in [0.4, 0.5) is 15.8 Å². The van der Waals surface area contributed by atoms with E-state index in [0.29, 0.717) is 17.2 Å². The van der Waals surface area contributed by atoms with Crippen LogP contribution in [0.25, 0.3) is 0 Å². The van der Waals surface area contributed by atoms with Crippen molar-refractivity contribution in [2.24, 2.45) is 10.8 Å². The van der Waals surface area contributed by atoms with Gasteiger partial charge in [-0.25, -0.2) is 4.39 Å². The number of hydrazone groups is 1. The van der Waals surface area contributed by atoms with Crippen molar-refractivity contribution in [3.63, 3.8) is 0 Å². The van der Waals surface area contributed by atoms with Crippen LogP contribution in [-0.2, 0) is 0 Å². The first-order chi connectivity index (χ1) is 15.9. The predicted molar refractivity (Wildman–Crippen MR) is 139 cm³/mol. The number of halogens is 2. The molecule has 2 aromatic rings. The van der Waals surface area contributed by atoms with Crippen LogP contribution in [0.15, 0.2) is 41.5 Å². The van der Waals surface area contributed by atoms with E-state index in [-0.39, 0.29) is 10.9 Å². The molecule has 0 unspecified atom stereocenters. The van der Waals surface area contributed by atoms with E-state index < -0.39 is 0 Å². The molecule has 0 spiro atoms. The lowest BCUT2D eigenvalue weighted by molar-refractivity contribution is 0.313. The molecule has 2 aromatic carbocycles. The number of likely N-dealkylation sites (N-methyl/N-ethyl adjacent to an activating group) is 1. The molecular weight excluding hydrogens is 459 g/mol. The van der Waals surface area contributed by atoms with Gasteiger partial charge in [-0.15, -0.1) is 0 Å². The summed E-state index contributed by atoms with van der Waals surface area (Å²) < 4.78 is 15.3. The molecule has 33 heavy (non-hydrogen) atoms. The minimum atomic E-state index is -0.245. The SMILES string of the molecule is CN1CCN(c2cc(N3CCC(c4cccc(Cl)c4)CC3)c(F)cc2/C=N/NC(N)=S)CC1. The quantitative estimate of drug-likeness (QED) is 0.379. The zero-order valence-electron chi connectivity index (χ0n) is 18.8. The van der Waals surface area contributed by atoms with Gasteiger partial charge in [-0.2, -0.15) is 5.10 Å². The summed E-state index contributed by atoms with van der Waals surface area (Å²) in [6.07, 6.45) is 3.51. The zero-order chi connectivity index (χ0) is 23.4. The lowest BCUT2D eigenvalue weighted by Gasteiger charge is -2.37. The first-order valence-electron chi connectivity index (χ1n) is 11.3. The number of benzene rings is 2. The number of piperazine rings is 1. The third kappa shape index (κ3) is 5.93. The first kappa shape index (κ1) is 23.7. The maximum Gasteiger partial charge on any atom is 0.184 e. The van der Waals surface area contributed by atoms with Crippen LogP contribution in [-0.4, -0.2) is 62.5 Å². The lowest BCUT2D eigenvalue weighted by Crippen LogP contribution is -2.45. The van der Waals surface area contributed by atoms with Gasteiger partial charge in [0.2, 0.25) is 0 Å². The van der Waals surface area contributed by atoms with E-state index >= 15 is 4.39 Å². The zero-order valence-corrected chi connectivity index (χ0v) is 20.4. The van der Waals surface area contributed by atoms with Crippen molar-refractivity contribution in [1.82, 2.24) is 10.3 Å². The highest BCUT2D eigenvalue weighted by molar-refractivity contribution is 7.80. The fraction of sp³-hybridized carbons (Fsp3) is 0.417. The molecule has 2 aliphatic rings. The van der Waals surface area contributed by atoms with Gasteiger partial charge in [0.15, 0.2) is 5.11 Å². The summed E-state index contributed by atoms with van der Waals surface area (Å²) in [6.45, 7) is 5.27. The van der Waals surface area contributed by atoms with Crippen molar-refractivity contribution in [3.8, 4) is 0 Å². The van der Waals surface area contributed by atoms with Crippen LogP contribution in [0.1, 0.15) is 29.9 Å². The number of nitrogens with zero attached hydrogens (tertiary/aromatic N) is 4. The van der Waals surface area contributed by atoms with E-state index in [1.54, 1.807) is 12.3 Å². The van der Waals surface area contributed by atoms with Crippen molar-refractivity contribution in [1.29, 1.82) is 0 Å². The van der Waals surface area contributed by atoms with E-state index in [4.69, 9.17) is 29.6 Å². The molecule has 0 radical (unpaired) electrons. The monoisotopic (exact) mass is 488 g/mol. The minimum Gasteiger partial charge on any atom is -0.375 e. The van der Waals surface area contributed by atoms with Gasteiger partial charge in [-0.05, 0) is 67.9 Å². The van der Waals surface area contributed by atoms with Gasteiger partial charge in [0, 0.05) is 55.5 Å². The number of thiocarbonyl (C=S) groups is 1. The van der Waals surface area contributed by atoms with E-state index in [1.165, 1.54) is 5.56 Å². The van der Waals surface area contributed by atoms with E-state index in [1.807, 2.05) is 24.3 Å². The molecule has 0 amide bonds. The average Bonchev–Trinajstić information content (AvgIpc) is 2.80. The molecule has 0 bridgehead atoms. The largest absolute Gasteiger partial charge is 0.375 e. The molecule has 9 heteroatoms. The molecule has 0 saturated carbocycles. The van der Waals surface area contributed by atoms with Gasteiger partial charge >= 0.3 is 0 Å². The Morgan fingerprint density at radius 2 is 1.79 bits per heavy atom. The van der Waals surface area contributed by atoms with Crippen molar-refractivity contribution < 1.29 is 4.39 Å². The molecule has 2 heterocycles. The highest BCUT2D eigenvalue weighted by atomic mass is 35.5. The molecule has 2 aliphatic heterocycles. The summed E-state index contributed by atoms with van der Waals surface area (Å²) in [5.41, 5.74) is 11.6. The van der Waals surface area contributed by atoms with E-state index in [9.17, 15) is 0 Å². The Kier molecular flexibility index (Phi) is 7.67. The van der Waals surface area contributed by atoms with Crippen LogP contribution < -0.4 is 21.0 Å². The summed E-state index contributed by atoms with van der Waals surface area (Å²) >= 11 is 11.0. The lowest BCUT2D eigenvalue weighted by atomic mass is 9.89. The van der Waals surface area contributed by atoms with Gasteiger partial charge in [0.25, 0.3) is 0 Å². The molecule has 4 rings (SSSR count). The van der Waals surface area contributed by atoms with E-state index in [0.717, 1.165) is 62.8 Å². The molecule has 6 nitrogen and oxygen atoms in total. The van der Waals surface area contributed by atoms with Gasteiger partial charge in [-0.1, -0.05) is 23.7 Å². The number of anilines is 2. The molecule has 2 saturated heterocycles. The Morgan fingerprint density at radius 1 is 1.09 bits per heavy atom. The van der Waals surface area contributed by atoms with Crippen LogP contribution >= 0.6 is 23.8 Å². The second-order valence-corrected chi connectivity index (χ2v) is 9.58. The summed E-state index contributed by atoms with van der Waals surface area (Å²) in [5.74, 6) is 0.198. The fourth-order valence-electron chi connectivity index (χ4n) is 4.61. The standard InChI is InChI=1S/C24H30ClFN6S/c1-30-9-11-32(12-10-30)22-15-23(21(26)14-19(22)16-28-29-24(27)33)31-7-5-17(6-8-31)18-3-2-4-20(25)13-18/h2-4,13-17H,5-12H2,1H3,(H3,27,29,33)/b28-16+. The Bertz CT molecular complexity index is 1020. The second kappa shape index (κ2) is 10.7. The Balaban J connectivity index is 1.56. The summed E-state index contributed by atoms with van der Waals surface area (Å²) in [6, 6.07) is 11.6. The Hall–Kier alpha value is -2.42. The highest BCUT2D eigenvalue weighted by Gasteiger charge is 2.25. The van der Waals surface area contributed by atoms with Crippen molar-refractivity contribution in [2.75, 3.05) is 56.1 Å². The maximum absolute atomic E-state index is 15.3. The van der Waals surface area contributed by atoms with Gasteiger partial charge < -0.3 is 20.4 Å². The number of hydrogen-bond acceptors (Lipinski definition) is 5. The van der Waals surface area contributed by atoms with Crippen molar-refractivity contribution in [3.05, 3.63) is 58.4 Å². The molecule has 3 N–H and O–H groups in total. The van der Waals surface area contributed by atoms with Crippen LogP contribution in [0.5, 0.6) is 0 Å². The summed E-state index contributed by atoms with van der Waals surface area (Å²) in [5, 5.41) is 4.92. The van der Waals surface area contributed by atoms with Gasteiger partial charge in [0.1, 0.15) is 5.82 Å². The fourth-order valence-corrected chi connectivity index (χ4v) is 4.86. The topological polar surface area (TPSA) is 60.1 Å². The molecule has 176 valence electrons. The smallest absolute Gasteiger partial charge is 0.184 e. The number of nitrogens with one attached hydrogen (secondary N) is 1. The molecule has 0 aromatic heterocycles. The maximum atomic E-state index is 15.3. The normalized spacial score (nSPS) is 18.2. The number of piperidine rings is 1. The molecule has 0 atom stereocenters. The molecular formula is C24H30ClFN6S. The van der Waals surface area contributed by atoms with Gasteiger partial charge in [0.05, 0.1) is 11.9 Å². The van der Waals surface area contributed by atoms with Crippen molar-refractivity contribution in [2.45, 2.75) is 18.8 Å².